The number of nitrogens with two attached hydrogens (primary N) is 1. The molecule has 1 aromatic rings. The number of hydrogen-bond donors (Lipinski definition) is 1. The molecule has 0 unspecified atom stereocenters. The molecular formula is C15H20N2O5. The summed E-state index contributed by atoms with van der Waals surface area (Å²) in [5.41, 5.74) is 6.27. The molecule has 0 saturated heterocycles. The Hall–Kier alpha value is -2.41. The van der Waals surface area contributed by atoms with Gasteiger partial charge in [0, 0.05) is 0 Å². The average Bonchev–Trinajstić information content (AvgIpc) is 2.52. The number of ether oxygens (including phenoxy) is 2. The van der Waals surface area contributed by atoms with Crippen molar-refractivity contribution in [2.24, 2.45) is 5.73 Å². The van der Waals surface area contributed by atoms with Crippen LogP contribution in [-0.4, -0.2) is 42.1 Å². The van der Waals surface area contributed by atoms with E-state index in [2.05, 4.69) is 4.74 Å². The van der Waals surface area contributed by atoms with Crippen molar-refractivity contribution in [1.82, 2.24) is 4.90 Å². The van der Waals surface area contributed by atoms with Gasteiger partial charge in [-0.3, -0.25) is 4.79 Å². The molecule has 2 amide bonds. The Balaban J connectivity index is 2.83. The molecule has 0 spiro atoms. The van der Waals surface area contributed by atoms with Gasteiger partial charge in [-0.05, 0) is 19.4 Å². The number of imide groups is 1. The maximum atomic E-state index is 12.1. The smallest absolute Gasteiger partial charge is 0.417 e. The van der Waals surface area contributed by atoms with Crippen molar-refractivity contribution in [3.05, 3.63) is 35.9 Å². The van der Waals surface area contributed by atoms with Gasteiger partial charge in [0.15, 0.2) is 0 Å². The highest BCUT2D eigenvalue weighted by Gasteiger charge is 2.34. The highest BCUT2D eigenvalue weighted by molar-refractivity contribution is 5.98. The van der Waals surface area contributed by atoms with Gasteiger partial charge in [-0.1, -0.05) is 30.3 Å². The molecule has 0 aliphatic carbocycles. The number of benzene rings is 1. The summed E-state index contributed by atoms with van der Waals surface area (Å²) in [6.07, 6.45) is -0.941. The van der Waals surface area contributed by atoms with Crippen molar-refractivity contribution in [3.8, 4) is 0 Å². The first-order valence-electron chi connectivity index (χ1n) is 6.75. The molecule has 1 aromatic carbocycles. The van der Waals surface area contributed by atoms with E-state index in [1.807, 2.05) is 6.07 Å². The van der Waals surface area contributed by atoms with E-state index in [9.17, 15) is 14.4 Å². The minimum Gasteiger partial charge on any atom is -0.467 e. The van der Waals surface area contributed by atoms with Crippen molar-refractivity contribution in [3.63, 3.8) is 0 Å². The summed E-state index contributed by atoms with van der Waals surface area (Å²) < 4.78 is 9.63. The molecule has 0 aliphatic rings. The first-order valence-corrected chi connectivity index (χ1v) is 6.75. The normalized spacial score (nSPS) is 12.9. The molecule has 2 atom stereocenters. The predicted molar refractivity (Wildman–Crippen MR) is 78.6 cm³/mol. The number of esters is 1. The average molecular weight is 308 g/mol. The molecule has 0 fully saturated rings. The van der Waals surface area contributed by atoms with Crippen molar-refractivity contribution >= 4 is 18.0 Å². The second-order valence-electron chi connectivity index (χ2n) is 4.74. The van der Waals surface area contributed by atoms with Gasteiger partial charge in [0.2, 0.25) is 5.91 Å². The van der Waals surface area contributed by atoms with E-state index < -0.39 is 30.1 Å². The monoisotopic (exact) mass is 308 g/mol. The summed E-state index contributed by atoms with van der Waals surface area (Å²) in [4.78, 5) is 36.5. The Labute approximate surface area is 129 Å². The first-order chi connectivity index (χ1) is 10.4. The number of rotatable bonds is 5. The van der Waals surface area contributed by atoms with Gasteiger partial charge >= 0.3 is 12.1 Å². The van der Waals surface area contributed by atoms with Crippen molar-refractivity contribution in [2.75, 3.05) is 7.11 Å². The zero-order valence-corrected chi connectivity index (χ0v) is 12.8. The van der Waals surface area contributed by atoms with Gasteiger partial charge in [-0.15, -0.1) is 0 Å². The molecule has 0 radical (unpaired) electrons. The van der Waals surface area contributed by atoms with Gasteiger partial charge in [-0.25, -0.2) is 14.5 Å². The summed E-state index contributed by atoms with van der Waals surface area (Å²) >= 11 is 0. The van der Waals surface area contributed by atoms with Crippen LogP contribution in [0.3, 0.4) is 0 Å². The Kier molecular flexibility index (Phi) is 6.52. The van der Waals surface area contributed by atoms with E-state index in [-0.39, 0.29) is 6.61 Å². The Morgan fingerprint density at radius 1 is 1.18 bits per heavy atom. The van der Waals surface area contributed by atoms with Gasteiger partial charge < -0.3 is 15.2 Å². The first kappa shape index (κ1) is 17.6. The third kappa shape index (κ3) is 4.56. The van der Waals surface area contributed by atoms with Crippen LogP contribution in [0.5, 0.6) is 0 Å². The topological polar surface area (TPSA) is 98.9 Å². The fourth-order valence-electron chi connectivity index (χ4n) is 1.72. The molecule has 120 valence electrons. The van der Waals surface area contributed by atoms with Crippen LogP contribution < -0.4 is 5.73 Å². The summed E-state index contributed by atoms with van der Waals surface area (Å²) in [5.74, 6) is -1.44. The third-order valence-corrected chi connectivity index (χ3v) is 2.96. The van der Waals surface area contributed by atoms with Crippen LogP contribution >= 0.6 is 0 Å². The second-order valence-corrected chi connectivity index (χ2v) is 4.74. The number of carbonyl (C=O) groups is 3. The zero-order valence-electron chi connectivity index (χ0n) is 12.8. The Bertz CT molecular complexity index is 530. The minimum absolute atomic E-state index is 0.0176. The number of carbonyl (C=O) groups excluding carboxylic acids is 3. The maximum Gasteiger partial charge on any atom is 0.417 e. The van der Waals surface area contributed by atoms with Crippen LogP contribution in [0.4, 0.5) is 4.79 Å². The second kappa shape index (κ2) is 8.14. The standard InChI is InChI=1S/C15H20N2O5/c1-10(16)13(18)17(11(2)14(19)21-3)15(20)22-9-12-7-5-4-6-8-12/h4-8,10-11H,9,16H2,1-3H3/t10-,11-/m0/s1. The lowest BCUT2D eigenvalue weighted by Crippen LogP contribution is -2.52. The molecule has 2 N–H and O–H groups in total. The fourth-order valence-corrected chi connectivity index (χ4v) is 1.72. The maximum absolute atomic E-state index is 12.1. The van der Waals surface area contributed by atoms with Gasteiger partial charge in [0.25, 0.3) is 0 Å². The molecule has 0 aliphatic heterocycles. The molecule has 0 saturated carbocycles. The number of hydrogen-bond acceptors (Lipinski definition) is 6. The highest BCUT2D eigenvalue weighted by atomic mass is 16.6. The summed E-state index contributed by atoms with van der Waals surface area (Å²) in [7, 11) is 1.17. The summed E-state index contributed by atoms with van der Waals surface area (Å²) in [6, 6.07) is 6.90. The lowest BCUT2D eigenvalue weighted by atomic mass is 10.2. The van der Waals surface area contributed by atoms with Gasteiger partial charge in [-0.2, -0.15) is 0 Å². The number of methoxy groups -OCH3 is 1. The van der Waals surface area contributed by atoms with E-state index in [0.717, 1.165) is 5.56 Å². The zero-order chi connectivity index (χ0) is 16.7. The molecule has 7 heteroatoms. The molecule has 1 rings (SSSR count). The fraction of sp³-hybridized carbons (Fsp3) is 0.400. The number of nitrogens with zero attached hydrogens (tertiary/aromatic N) is 1. The molecule has 0 bridgehead atoms. The Morgan fingerprint density at radius 2 is 1.77 bits per heavy atom. The SMILES string of the molecule is COC(=O)[C@H](C)N(C(=O)OCc1ccccc1)C(=O)[C@H](C)N. The Morgan fingerprint density at radius 3 is 2.27 bits per heavy atom. The summed E-state index contributed by atoms with van der Waals surface area (Å²) in [6.45, 7) is 2.77. The van der Waals surface area contributed by atoms with Gasteiger partial charge in [0.05, 0.1) is 13.2 Å². The minimum atomic E-state index is -1.12. The van der Waals surface area contributed by atoms with E-state index in [4.69, 9.17) is 10.5 Å². The van der Waals surface area contributed by atoms with Gasteiger partial charge in [0.1, 0.15) is 12.6 Å². The van der Waals surface area contributed by atoms with Crippen molar-refractivity contribution < 1.29 is 23.9 Å². The lowest BCUT2D eigenvalue weighted by molar-refractivity contribution is -0.151. The summed E-state index contributed by atoms with van der Waals surface area (Å²) in [5, 5.41) is 0. The van der Waals surface area contributed by atoms with Crippen LogP contribution in [0.15, 0.2) is 30.3 Å². The molecule has 22 heavy (non-hydrogen) atoms. The third-order valence-electron chi connectivity index (χ3n) is 2.96. The molecule has 0 aromatic heterocycles. The van der Waals surface area contributed by atoms with Crippen LogP contribution in [0.25, 0.3) is 0 Å². The van der Waals surface area contributed by atoms with Crippen LogP contribution in [0.2, 0.25) is 0 Å². The van der Waals surface area contributed by atoms with E-state index in [0.29, 0.717) is 4.90 Å². The van der Waals surface area contributed by atoms with Crippen LogP contribution in [0, 0.1) is 0 Å². The van der Waals surface area contributed by atoms with Crippen molar-refractivity contribution in [2.45, 2.75) is 32.5 Å². The lowest BCUT2D eigenvalue weighted by Gasteiger charge is -2.26. The van der Waals surface area contributed by atoms with Crippen molar-refractivity contribution in [1.29, 1.82) is 0 Å². The van der Waals surface area contributed by atoms with E-state index >= 15 is 0 Å². The molecule has 0 heterocycles. The molecular weight excluding hydrogens is 288 g/mol. The quantitative estimate of drug-likeness (QED) is 0.817. The number of amides is 2. The van der Waals surface area contributed by atoms with E-state index in [1.165, 1.54) is 21.0 Å². The van der Waals surface area contributed by atoms with E-state index in [1.54, 1.807) is 24.3 Å². The largest absolute Gasteiger partial charge is 0.467 e. The van der Waals surface area contributed by atoms with Crippen LogP contribution in [-0.2, 0) is 25.7 Å². The molecule has 7 nitrogen and oxygen atoms in total. The predicted octanol–water partition coefficient (Wildman–Crippen LogP) is 1.06. The highest BCUT2D eigenvalue weighted by Crippen LogP contribution is 2.09. The van der Waals surface area contributed by atoms with Crippen LogP contribution in [0.1, 0.15) is 19.4 Å².